The highest BCUT2D eigenvalue weighted by Gasteiger charge is 2.25. The zero-order valence-corrected chi connectivity index (χ0v) is 20.6. The van der Waals surface area contributed by atoms with E-state index in [1.165, 1.54) is 36.4 Å². The molecule has 0 aliphatic heterocycles. The molecule has 4 rings (SSSR count). The summed E-state index contributed by atoms with van der Waals surface area (Å²) in [5.74, 6) is -0.396. The topological polar surface area (TPSA) is 102 Å². The molecule has 35 heavy (non-hydrogen) atoms. The number of phenolic OH excluding ortho intramolecular Hbond substituents is 3. The Morgan fingerprint density at radius 1 is 0.829 bits per heavy atom. The molecule has 178 valence electrons. The molecule has 0 aromatic heterocycles. The Labute approximate surface area is 216 Å². The number of nitrogens with one attached hydrogen (secondary N) is 1. The van der Waals surface area contributed by atoms with Gasteiger partial charge in [-0.25, -0.2) is 4.99 Å². The second-order valence-electron chi connectivity index (χ2n) is 7.88. The van der Waals surface area contributed by atoms with Crippen LogP contribution in [0.1, 0.15) is 12.5 Å². The normalized spacial score (nSPS) is 14.9. The van der Waals surface area contributed by atoms with E-state index in [-0.39, 0.29) is 44.5 Å². The fourth-order valence-corrected chi connectivity index (χ4v) is 4.13. The van der Waals surface area contributed by atoms with Gasteiger partial charge in [0.25, 0.3) is 0 Å². The lowest BCUT2D eigenvalue weighted by atomic mass is 9.88. The van der Waals surface area contributed by atoms with Gasteiger partial charge in [-0.3, -0.25) is 4.79 Å². The third-order valence-corrected chi connectivity index (χ3v) is 6.34. The summed E-state index contributed by atoms with van der Waals surface area (Å²) in [7, 11) is 0. The lowest BCUT2D eigenvalue weighted by Gasteiger charge is -2.22. The van der Waals surface area contributed by atoms with Crippen molar-refractivity contribution in [2.45, 2.75) is 13.3 Å². The molecule has 0 heterocycles. The molecule has 0 radical (unpaired) electrons. The smallest absolute Gasteiger partial charge is 0.184 e. The molecule has 0 amide bonds. The van der Waals surface area contributed by atoms with Crippen molar-refractivity contribution in [3.8, 4) is 17.2 Å². The summed E-state index contributed by atoms with van der Waals surface area (Å²) in [5, 5.41) is 32.8. The Hall–Kier alpha value is -3.45. The van der Waals surface area contributed by atoms with Crippen molar-refractivity contribution in [1.82, 2.24) is 0 Å². The van der Waals surface area contributed by atoms with Gasteiger partial charge in [0.2, 0.25) is 0 Å². The lowest BCUT2D eigenvalue weighted by Crippen LogP contribution is -2.23. The molecule has 0 atom stereocenters. The van der Waals surface area contributed by atoms with Crippen LogP contribution in [0, 0.1) is 0 Å². The Balaban J connectivity index is 1.78. The molecule has 0 spiro atoms. The number of rotatable bonds is 5. The van der Waals surface area contributed by atoms with Crippen LogP contribution in [0.3, 0.4) is 0 Å². The molecule has 3 aromatic rings. The van der Waals surface area contributed by atoms with Crippen LogP contribution in [0.15, 0.2) is 82.5 Å². The van der Waals surface area contributed by atoms with Gasteiger partial charge < -0.3 is 20.6 Å². The standard InChI is InChI=1S/C26H19Cl3N2O4/c1-13-17(8-14-2-5-22(32)18(27)9-14)25(35)12-21(30-15-3-6-23(33)19(28)10-15)26(13)31-16-4-7-24(34)20(29)11-16/h2-7,9-12,30,32-34H,8H2,1H3. The molecule has 0 fully saturated rings. The Morgan fingerprint density at radius 2 is 1.43 bits per heavy atom. The van der Waals surface area contributed by atoms with E-state index in [2.05, 4.69) is 5.32 Å². The summed E-state index contributed by atoms with van der Waals surface area (Å²) in [6, 6.07) is 13.9. The van der Waals surface area contributed by atoms with Gasteiger partial charge in [-0.1, -0.05) is 40.9 Å². The molecule has 1 aliphatic rings. The molecule has 9 heteroatoms. The van der Waals surface area contributed by atoms with E-state index in [4.69, 9.17) is 39.8 Å². The van der Waals surface area contributed by atoms with Crippen molar-refractivity contribution < 1.29 is 20.1 Å². The monoisotopic (exact) mass is 528 g/mol. The molecule has 0 unspecified atom stereocenters. The highest BCUT2D eigenvalue weighted by molar-refractivity contribution is 6.33. The van der Waals surface area contributed by atoms with Crippen molar-refractivity contribution in [2.75, 3.05) is 5.32 Å². The van der Waals surface area contributed by atoms with Crippen LogP contribution >= 0.6 is 34.8 Å². The average Bonchev–Trinajstić information content (AvgIpc) is 2.81. The summed E-state index contributed by atoms with van der Waals surface area (Å²) in [4.78, 5) is 17.9. The van der Waals surface area contributed by atoms with Crippen molar-refractivity contribution in [3.63, 3.8) is 0 Å². The van der Waals surface area contributed by atoms with Crippen LogP contribution in [0.4, 0.5) is 11.4 Å². The first-order chi connectivity index (χ1) is 16.6. The third-order valence-electron chi connectivity index (χ3n) is 5.43. The number of allylic oxidation sites excluding steroid dienone is 3. The van der Waals surface area contributed by atoms with E-state index < -0.39 is 0 Å². The first-order valence-electron chi connectivity index (χ1n) is 10.4. The Bertz CT molecular complexity index is 1440. The van der Waals surface area contributed by atoms with Gasteiger partial charge in [-0.15, -0.1) is 0 Å². The number of phenols is 3. The summed E-state index contributed by atoms with van der Waals surface area (Å²) in [6.07, 6.45) is 1.71. The zero-order chi connectivity index (χ0) is 25.3. The molecule has 4 N–H and O–H groups in total. The van der Waals surface area contributed by atoms with Crippen LogP contribution in [-0.4, -0.2) is 26.8 Å². The fourth-order valence-electron chi connectivity index (χ4n) is 3.57. The highest BCUT2D eigenvalue weighted by atomic mass is 35.5. The van der Waals surface area contributed by atoms with E-state index in [9.17, 15) is 20.1 Å². The third kappa shape index (κ3) is 5.46. The van der Waals surface area contributed by atoms with Gasteiger partial charge >= 0.3 is 0 Å². The van der Waals surface area contributed by atoms with Crippen LogP contribution in [0.5, 0.6) is 17.2 Å². The maximum atomic E-state index is 13.1. The fraction of sp³-hybridized carbons (Fsp3) is 0.0769. The molecule has 0 saturated heterocycles. The van der Waals surface area contributed by atoms with Crippen molar-refractivity contribution in [3.05, 3.63) is 98.1 Å². The highest BCUT2D eigenvalue weighted by Crippen LogP contribution is 2.33. The van der Waals surface area contributed by atoms with Crippen LogP contribution in [0.2, 0.25) is 15.1 Å². The zero-order valence-electron chi connectivity index (χ0n) is 18.3. The lowest BCUT2D eigenvalue weighted by molar-refractivity contribution is -0.111. The van der Waals surface area contributed by atoms with E-state index in [0.29, 0.717) is 33.9 Å². The average molecular weight is 530 g/mol. The van der Waals surface area contributed by atoms with Crippen LogP contribution < -0.4 is 5.32 Å². The van der Waals surface area contributed by atoms with Crippen LogP contribution in [0.25, 0.3) is 0 Å². The molecule has 0 bridgehead atoms. The maximum absolute atomic E-state index is 13.1. The minimum atomic E-state index is -0.221. The number of nitrogens with zero attached hydrogens (tertiary/aromatic N) is 1. The van der Waals surface area contributed by atoms with Gasteiger partial charge in [0.1, 0.15) is 17.2 Å². The minimum Gasteiger partial charge on any atom is -0.506 e. The van der Waals surface area contributed by atoms with Crippen molar-refractivity contribution >= 4 is 57.7 Å². The number of hydrogen-bond acceptors (Lipinski definition) is 6. The Morgan fingerprint density at radius 3 is 2.06 bits per heavy atom. The summed E-state index contributed by atoms with van der Waals surface area (Å²) >= 11 is 18.2. The first kappa shape index (κ1) is 24.7. The molecular formula is C26H19Cl3N2O4. The summed E-state index contributed by atoms with van der Waals surface area (Å²) in [5.41, 5.74) is 3.80. The van der Waals surface area contributed by atoms with Crippen LogP contribution in [-0.2, 0) is 11.2 Å². The molecule has 0 saturated carbocycles. The quantitative estimate of drug-likeness (QED) is 0.211. The number of halogens is 3. The number of carbonyl (C=O) groups excluding carboxylic acids is 1. The van der Waals surface area contributed by atoms with E-state index >= 15 is 0 Å². The van der Waals surface area contributed by atoms with Gasteiger partial charge in [-0.05, 0) is 66.6 Å². The number of carbonyl (C=O) groups is 1. The van der Waals surface area contributed by atoms with Gasteiger partial charge in [0.15, 0.2) is 5.78 Å². The molecular weight excluding hydrogens is 511 g/mol. The number of benzene rings is 3. The second-order valence-corrected chi connectivity index (χ2v) is 9.10. The number of anilines is 1. The van der Waals surface area contributed by atoms with E-state index in [0.717, 1.165) is 5.56 Å². The van der Waals surface area contributed by atoms with Crippen molar-refractivity contribution in [2.24, 2.45) is 4.99 Å². The SMILES string of the molecule is CC1=C(Cc2ccc(O)c(Cl)c2)C(=O)C=C(Nc2ccc(O)c(Cl)c2)C1=Nc1ccc(O)c(Cl)c1. The predicted octanol–water partition coefficient (Wildman–Crippen LogP) is 6.97. The number of aliphatic imine (C=N–C) groups is 1. The minimum absolute atomic E-state index is 0.0403. The second kappa shape index (κ2) is 10.0. The van der Waals surface area contributed by atoms with Gasteiger partial charge in [-0.2, -0.15) is 0 Å². The van der Waals surface area contributed by atoms with E-state index in [1.807, 2.05) is 0 Å². The molecule has 6 nitrogen and oxygen atoms in total. The molecule has 3 aromatic carbocycles. The van der Waals surface area contributed by atoms with Crippen molar-refractivity contribution in [1.29, 1.82) is 0 Å². The number of aromatic hydroxyl groups is 3. The number of hydrogen-bond donors (Lipinski definition) is 4. The van der Waals surface area contributed by atoms with E-state index in [1.54, 1.807) is 31.2 Å². The number of ketones is 1. The summed E-state index contributed by atoms with van der Waals surface area (Å²) < 4.78 is 0. The Kier molecular flexibility index (Phi) is 7.08. The first-order valence-corrected chi connectivity index (χ1v) is 11.5. The van der Waals surface area contributed by atoms with Gasteiger partial charge in [0, 0.05) is 23.8 Å². The van der Waals surface area contributed by atoms with Gasteiger partial charge in [0.05, 0.1) is 32.2 Å². The predicted molar refractivity (Wildman–Crippen MR) is 140 cm³/mol. The molecule has 1 aliphatic carbocycles. The maximum Gasteiger partial charge on any atom is 0.184 e. The summed E-state index contributed by atoms with van der Waals surface area (Å²) in [6.45, 7) is 1.79. The largest absolute Gasteiger partial charge is 0.506 e.